The minimum Gasteiger partial charge on any atom is -0.444 e. The maximum Gasteiger partial charge on any atom is 0.408 e. The fraction of sp³-hybridized carbons (Fsp3) is 0.714. The van der Waals surface area contributed by atoms with E-state index in [4.69, 9.17) is 4.74 Å². The van der Waals surface area contributed by atoms with Crippen molar-refractivity contribution in [3.63, 3.8) is 0 Å². The van der Waals surface area contributed by atoms with Crippen molar-refractivity contribution in [3.05, 3.63) is 5.01 Å². The molecular formula is C14H22N4O3S. The second-order valence-electron chi connectivity index (χ2n) is 6.43. The number of carbonyl (C=O) groups excluding carboxylic acids is 2. The molecule has 1 aromatic rings. The van der Waals surface area contributed by atoms with Gasteiger partial charge in [-0.25, -0.2) is 4.79 Å². The van der Waals surface area contributed by atoms with Crippen LogP contribution in [0.15, 0.2) is 0 Å². The first-order valence-electron chi connectivity index (χ1n) is 7.35. The number of aryl methyl sites for hydroxylation is 1. The lowest BCUT2D eigenvalue weighted by molar-refractivity contribution is -0.120. The monoisotopic (exact) mass is 326 g/mol. The summed E-state index contributed by atoms with van der Waals surface area (Å²) in [7, 11) is 0. The average Bonchev–Trinajstić information content (AvgIpc) is 2.69. The van der Waals surface area contributed by atoms with Crippen LogP contribution in [0.4, 0.5) is 9.93 Å². The van der Waals surface area contributed by atoms with E-state index >= 15 is 0 Å². The molecule has 1 fully saturated rings. The van der Waals surface area contributed by atoms with Gasteiger partial charge in [-0.2, -0.15) is 0 Å². The summed E-state index contributed by atoms with van der Waals surface area (Å²) >= 11 is 1.30. The van der Waals surface area contributed by atoms with Crippen molar-refractivity contribution >= 4 is 28.5 Å². The van der Waals surface area contributed by atoms with Crippen LogP contribution in [0.1, 0.15) is 45.0 Å². The summed E-state index contributed by atoms with van der Waals surface area (Å²) in [4.78, 5) is 24.4. The quantitative estimate of drug-likeness (QED) is 0.886. The number of rotatable bonds is 4. The van der Waals surface area contributed by atoms with Crippen LogP contribution in [0.5, 0.6) is 0 Å². The van der Waals surface area contributed by atoms with E-state index in [0.717, 1.165) is 24.3 Å². The first-order valence-corrected chi connectivity index (χ1v) is 8.17. The Morgan fingerprint density at radius 1 is 1.32 bits per heavy atom. The Kier molecular flexibility index (Phi) is 5.00. The van der Waals surface area contributed by atoms with Gasteiger partial charge in [-0.05, 0) is 46.5 Å². The number of aromatic nitrogens is 2. The summed E-state index contributed by atoms with van der Waals surface area (Å²) in [5, 5.41) is 14.3. The van der Waals surface area contributed by atoms with E-state index in [9.17, 15) is 9.59 Å². The Morgan fingerprint density at radius 3 is 2.45 bits per heavy atom. The fourth-order valence-electron chi connectivity index (χ4n) is 2.14. The highest BCUT2D eigenvalue weighted by Crippen LogP contribution is 2.30. The topological polar surface area (TPSA) is 93.2 Å². The van der Waals surface area contributed by atoms with Crippen LogP contribution < -0.4 is 10.6 Å². The third-order valence-corrected chi connectivity index (χ3v) is 4.09. The van der Waals surface area contributed by atoms with Gasteiger partial charge in [0.15, 0.2) is 0 Å². The molecule has 1 saturated carbocycles. The SMILES string of the molecule is Cc1nnc(NC(=O)C(NC(=O)OC(C)(C)C)C2CCC2)s1. The van der Waals surface area contributed by atoms with Gasteiger partial charge in [-0.15, -0.1) is 10.2 Å². The molecule has 2 amide bonds. The largest absolute Gasteiger partial charge is 0.444 e. The number of nitrogens with one attached hydrogen (secondary N) is 2. The highest BCUT2D eigenvalue weighted by molar-refractivity contribution is 7.15. The lowest BCUT2D eigenvalue weighted by Crippen LogP contribution is -2.51. The minimum absolute atomic E-state index is 0.140. The molecule has 1 atom stereocenters. The van der Waals surface area contributed by atoms with E-state index in [-0.39, 0.29) is 11.8 Å². The Bertz CT molecular complexity index is 549. The molecule has 7 nitrogen and oxygen atoms in total. The van der Waals surface area contributed by atoms with Crippen LogP contribution in [-0.2, 0) is 9.53 Å². The van der Waals surface area contributed by atoms with Gasteiger partial charge in [0, 0.05) is 0 Å². The van der Waals surface area contributed by atoms with Gasteiger partial charge < -0.3 is 10.1 Å². The summed E-state index contributed by atoms with van der Waals surface area (Å²) in [5.41, 5.74) is -0.596. The molecule has 0 aliphatic heterocycles. The molecule has 1 aliphatic carbocycles. The number of alkyl carbamates (subject to hydrolysis) is 1. The fourth-order valence-corrected chi connectivity index (χ4v) is 2.73. The molecule has 8 heteroatoms. The smallest absolute Gasteiger partial charge is 0.408 e. The summed E-state index contributed by atoms with van der Waals surface area (Å²) in [6, 6.07) is -0.604. The summed E-state index contributed by atoms with van der Waals surface area (Å²) < 4.78 is 5.24. The molecule has 122 valence electrons. The van der Waals surface area contributed by atoms with E-state index in [0.29, 0.717) is 5.13 Å². The number of nitrogens with zero attached hydrogens (tertiary/aromatic N) is 2. The van der Waals surface area contributed by atoms with Gasteiger partial charge in [0.1, 0.15) is 16.7 Å². The third kappa shape index (κ3) is 4.66. The van der Waals surface area contributed by atoms with Crippen LogP contribution >= 0.6 is 11.3 Å². The molecule has 1 aliphatic rings. The minimum atomic E-state index is -0.604. The molecule has 1 unspecified atom stereocenters. The van der Waals surface area contributed by atoms with Crippen molar-refractivity contribution in [2.75, 3.05) is 5.32 Å². The number of carbonyl (C=O) groups is 2. The number of hydrogen-bond acceptors (Lipinski definition) is 6. The number of ether oxygens (including phenoxy) is 1. The summed E-state index contributed by atoms with van der Waals surface area (Å²) in [6.07, 6.45) is 2.34. The number of amides is 2. The predicted molar refractivity (Wildman–Crippen MR) is 83.8 cm³/mol. The number of anilines is 1. The van der Waals surface area contributed by atoms with Crippen molar-refractivity contribution in [3.8, 4) is 0 Å². The third-order valence-electron chi connectivity index (χ3n) is 3.33. The second-order valence-corrected chi connectivity index (χ2v) is 7.61. The second kappa shape index (κ2) is 6.60. The van der Waals surface area contributed by atoms with Gasteiger partial charge >= 0.3 is 6.09 Å². The first-order chi connectivity index (χ1) is 10.2. The van der Waals surface area contributed by atoms with Crippen molar-refractivity contribution in [1.29, 1.82) is 0 Å². The zero-order valence-corrected chi connectivity index (χ0v) is 14.1. The summed E-state index contributed by atoms with van der Waals surface area (Å²) in [6.45, 7) is 7.18. The van der Waals surface area contributed by atoms with Crippen LogP contribution in [0.25, 0.3) is 0 Å². The lowest BCUT2D eigenvalue weighted by atomic mass is 9.79. The lowest BCUT2D eigenvalue weighted by Gasteiger charge is -2.33. The molecule has 0 bridgehead atoms. The molecule has 1 aromatic heterocycles. The maximum atomic E-state index is 12.4. The standard InChI is InChI=1S/C14H22N4O3S/c1-8-17-18-12(22-8)16-11(19)10(9-6-5-7-9)15-13(20)21-14(2,3)4/h9-10H,5-7H2,1-4H3,(H,15,20)(H,16,18,19). The van der Waals surface area contributed by atoms with Crippen molar-refractivity contribution in [1.82, 2.24) is 15.5 Å². The van der Waals surface area contributed by atoms with Gasteiger partial charge in [0.25, 0.3) is 0 Å². The molecule has 0 radical (unpaired) electrons. The molecule has 0 aromatic carbocycles. The van der Waals surface area contributed by atoms with E-state index in [1.807, 2.05) is 6.92 Å². The highest BCUT2D eigenvalue weighted by Gasteiger charge is 2.35. The van der Waals surface area contributed by atoms with Gasteiger partial charge in [-0.3, -0.25) is 10.1 Å². The molecule has 2 N–H and O–H groups in total. The Balaban J connectivity index is 1.99. The first kappa shape index (κ1) is 16.7. The zero-order chi connectivity index (χ0) is 16.3. The van der Waals surface area contributed by atoms with E-state index in [1.165, 1.54) is 11.3 Å². The molecule has 0 saturated heterocycles. The normalized spacial score (nSPS) is 16.5. The number of hydrogen-bond donors (Lipinski definition) is 2. The molecule has 22 heavy (non-hydrogen) atoms. The van der Waals surface area contributed by atoms with Gasteiger partial charge in [0.05, 0.1) is 0 Å². The Hall–Kier alpha value is -1.70. The molecule has 0 spiro atoms. The summed E-state index contributed by atoms with van der Waals surface area (Å²) in [5.74, 6) is -0.131. The predicted octanol–water partition coefficient (Wildman–Crippen LogP) is 2.48. The zero-order valence-electron chi connectivity index (χ0n) is 13.3. The van der Waals surface area contributed by atoms with E-state index < -0.39 is 17.7 Å². The van der Waals surface area contributed by atoms with Crippen LogP contribution in [0, 0.1) is 12.8 Å². The van der Waals surface area contributed by atoms with Crippen LogP contribution in [0.3, 0.4) is 0 Å². The van der Waals surface area contributed by atoms with Gasteiger partial charge in [0.2, 0.25) is 11.0 Å². The van der Waals surface area contributed by atoms with Crippen molar-refractivity contribution in [2.24, 2.45) is 5.92 Å². The van der Waals surface area contributed by atoms with E-state index in [2.05, 4.69) is 20.8 Å². The van der Waals surface area contributed by atoms with E-state index in [1.54, 1.807) is 20.8 Å². The highest BCUT2D eigenvalue weighted by atomic mass is 32.1. The molecule has 1 heterocycles. The molecular weight excluding hydrogens is 304 g/mol. The Labute approximate surface area is 133 Å². The molecule has 2 rings (SSSR count). The van der Waals surface area contributed by atoms with Crippen molar-refractivity contribution < 1.29 is 14.3 Å². The maximum absolute atomic E-state index is 12.4. The average molecular weight is 326 g/mol. The van der Waals surface area contributed by atoms with Crippen LogP contribution in [-0.4, -0.2) is 33.8 Å². The Morgan fingerprint density at radius 2 is 2.00 bits per heavy atom. The van der Waals surface area contributed by atoms with Crippen molar-refractivity contribution in [2.45, 2.75) is 58.6 Å². The van der Waals surface area contributed by atoms with Crippen LogP contribution in [0.2, 0.25) is 0 Å². The van der Waals surface area contributed by atoms with Gasteiger partial charge in [-0.1, -0.05) is 17.8 Å².